The number of ether oxygens (including phenoxy) is 2. The Balaban J connectivity index is 4.62. The molecule has 44 heavy (non-hydrogen) atoms. The van der Waals surface area contributed by atoms with Crippen LogP contribution in [0.3, 0.4) is 0 Å². The number of unbranched alkanes of at least 4 members (excludes halogenated alkanes) is 25. The highest BCUT2D eigenvalue weighted by Gasteiger charge is 2.17. The summed E-state index contributed by atoms with van der Waals surface area (Å²) in [5.74, 6) is -0.123. The number of rotatable bonds is 37. The zero-order valence-corrected chi connectivity index (χ0v) is 30.9. The van der Waals surface area contributed by atoms with E-state index in [1.165, 1.54) is 186 Å². The Hall–Kier alpha value is -0.570. The zero-order valence-electron chi connectivity index (χ0n) is 30.9. The van der Waals surface area contributed by atoms with Crippen LogP contribution in [-0.4, -0.2) is 24.8 Å². The van der Waals surface area contributed by atoms with Gasteiger partial charge in [-0.15, -0.1) is 0 Å². The summed E-state index contributed by atoms with van der Waals surface area (Å²) in [6.07, 6.45) is 42.8. The number of hydrogen-bond acceptors (Lipinski definition) is 3. The van der Waals surface area contributed by atoms with Gasteiger partial charge in [-0.1, -0.05) is 201 Å². The molecule has 1 atom stereocenters. The third kappa shape index (κ3) is 32.8. The van der Waals surface area contributed by atoms with Crippen molar-refractivity contribution in [2.24, 2.45) is 0 Å². The first kappa shape index (κ1) is 43.4. The molecule has 0 saturated heterocycles. The van der Waals surface area contributed by atoms with Crippen LogP contribution in [-0.2, 0) is 14.3 Å². The average molecular weight is 623 g/mol. The van der Waals surface area contributed by atoms with Crippen LogP contribution in [0.1, 0.15) is 240 Å². The second-order valence-electron chi connectivity index (χ2n) is 14.0. The van der Waals surface area contributed by atoms with E-state index < -0.39 is 0 Å². The van der Waals surface area contributed by atoms with E-state index in [1.807, 2.05) is 0 Å². The minimum absolute atomic E-state index is 0.0755. The van der Waals surface area contributed by atoms with Gasteiger partial charge in [0.2, 0.25) is 0 Å². The maximum absolute atomic E-state index is 13.0. The molecule has 0 aliphatic carbocycles. The van der Waals surface area contributed by atoms with E-state index in [-0.39, 0.29) is 24.8 Å². The van der Waals surface area contributed by atoms with Crippen molar-refractivity contribution in [3.05, 3.63) is 0 Å². The molecule has 0 aliphatic rings. The van der Waals surface area contributed by atoms with Crippen LogP contribution in [0.5, 0.6) is 0 Å². The molecule has 0 fully saturated rings. The van der Waals surface area contributed by atoms with Gasteiger partial charge in [-0.25, -0.2) is 4.79 Å². The first-order valence-electron chi connectivity index (χ1n) is 20.5. The Kier molecular flexibility index (Phi) is 36.4. The van der Waals surface area contributed by atoms with Crippen molar-refractivity contribution in [1.82, 2.24) is 0 Å². The summed E-state index contributed by atoms with van der Waals surface area (Å²) >= 11 is 0. The topological polar surface area (TPSA) is 35.5 Å². The highest BCUT2D eigenvalue weighted by Crippen LogP contribution is 2.20. The summed E-state index contributed by atoms with van der Waals surface area (Å²) in [7, 11) is 0. The Bertz CT molecular complexity index is 530. The fourth-order valence-electron chi connectivity index (χ4n) is 6.47. The molecule has 3 heteroatoms. The molecular weight excluding hydrogens is 540 g/mol. The van der Waals surface area contributed by atoms with E-state index in [0.29, 0.717) is 0 Å². The zero-order chi connectivity index (χ0) is 32.2. The minimum Gasteiger partial charge on any atom is -0.461 e. The molecule has 3 nitrogen and oxygen atoms in total. The van der Waals surface area contributed by atoms with Crippen LogP contribution < -0.4 is 0 Å². The largest absolute Gasteiger partial charge is 0.461 e. The molecule has 0 saturated carbocycles. The van der Waals surface area contributed by atoms with Crippen LogP contribution in [0.15, 0.2) is 0 Å². The number of esters is 1. The van der Waals surface area contributed by atoms with Gasteiger partial charge in [0.1, 0.15) is 12.7 Å². The monoisotopic (exact) mass is 623 g/mol. The number of carbonyl (C=O) groups excluding carboxylic acids is 1. The molecular formula is C41H82O3. The predicted octanol–water partition coefficient (Wildman–Crippen LogP) is 14.2. The van der Waals surface area contributed by atoms with Crippen molar-refractivity contribution in [3.63, 3.8) is 0 Å². The SMILES string of the molecule is CCCCCCCCCCC(CCCCCCCCC)OC(=O)COC(CCCCCCCCC)CCCCCCCCC. The van der Waals surface area contributed by atoms with E-state index in [1.54, 1.807) is 0 Å². The van der Waals surface area contributed by atoms with E-state index in [2.05, 4.69) is 27.7 Å². The summed E-state index contributed by atoms with van der Waals surface area (Å²) < 4.78 is 12.4. The van der Waals surface area contributed by atoms with Gasteiger partial charge in [-0.2, -0.15) is 0 Å². The van der Waals surface area contributed by atoms with Gasteiger partial charge in [0.15, 0.2) is 0 Å². The van der Waals surface area contributed by atoms with E-state index in [4.69, 9.17) is 9.47 Å². The molecule has 0 radical (unpaired) electrons. The second-order valence-corrected chi connectivity index (χ2v) is 14.0. The Labute approximate surface area is 278 Å². The van der Waals surface area contributed by atoms with Crippen molar-refractivity contribution >= 4 is 5.97 Å². The maximum Gasteiger partial charge on any atom is 0.332 e. The van der Waals surface area contributed by atoms with Crippen molar-refractivity contribution in [1.29, 1.82) is 0 Å². The summed E-state index contributed by atoms with van der Waals surface area (Å²) in [4.78, 5) is 13.0. The van der Waals surface area contributed by atoms with Gasteiger partial charge in [-0.3, -0.25) is 0 Å². The fraction of sp³-hybridized carbons (Fsp3) is 0.976. The van der Waals surface area contributed by atoms with Gasteiger partial charge in [0.05, 0.1) is 6.10 Å². The molecule has 0 bridgehead atoms. The molecule has 0 aromatic rings. The van der Waals surface area contributed by atoms with Crippen LogP contribution in [0, 0.1) is 0 Å². The van der Waals surface area contributed by atoms with E-state index >= 15 is 0 Å². The molecule has 1 unspecified atom stereocenters. The molecule has 0 rings (SSSR count). The average Bonchev–Trinajstić information content (AvgIpc) is 3.02. The lowest BCUT2D eigenvalue weighted by molar-refractivity contribution is -0.157. The quantitative estimate of drug-likeness (QED) is 0.0511. The van der Waals surface area contributed by atoms with Gasteiger partial charge >= 0.3 is 5.97 Å². The smallest absolute Gasteiger partial charge is 0.332 e. The molecule has 0 N–H and O–H groups in total. The molecule has 0 amide bonds. The molecule has 0 heterocycles. The molecule has 0 spiro atoms. The third-order valence-corrected chi connectivity index (χ3v) is 9.50. The van der Waals surface area contributed by atoms with Crippen LogP contribution in [0.2, 0.25) is 0 Å². The summed E-state index contributed by atoms with van der Waals surface area (Å²) in [5, 5.41) is 0. The highest BCUT2D eigenvalue weighted by molar-refractivity contribution is 5.70. The Morgan fingerprint density at radius 3 is 0.909 bits per heavy atom. The van der Waals surface area contributed by atoms with E-state index in [9.17, 15) is 4.79 Å². The standard InChI is InChI=1S/C41H82O3/c1-5-9-13-17-21-25-29-33-37-40(36-32-28-24-20-16-12-8-4)44-41(42)38-43-39(34-30-26-22-18-14-10-6-2)35-31-27-23-19-15-11-7-3/h39-40H,5-38H2,1-4H3. The Morgan fingerprint density at radius 1 is 0.364 bits per heavy atom. The van der Waals surface area contributed by atoms with Crippen molar-refractivity contribution < 1.29 is 14.3 Å². The summed E-state index contributed by atoms with van der Waals surface area (Å²) in [6, 6.07) is 0. The van der Waals surface area contributed by atoms with Crippen LogP contribution in [0.25, 0.3) is 0 Å². The van der Waals surface area contributed by atoms with Gasteiger partial charge < -0.3 is 9.47 Å². The summed E-state index contributed by atoms with van der Waals surface area (Å²) in [6.45, 7) is 9.27. The van der Waals surface area contributed by atoms with Crippen molar-refractivity contribution in [3.8, 4) is 0 Å². The van der Waals surface area contributed by atoms with Gasteiger partial charge in [0, 0.05) is 0 Å². The van der Waals surface area contributed by atoms with Crippen molar-refractivity contribution in [2.75, 3.05) is 6.61 Å². The van der Waals surface area contributed by atoms with E-state index in [0.717, 1.165) is 25.7 Å². The van der Waals surface area contributed by atoms with Crippen molar-refractivity contribution in [2.45, 2.75) is 252 Å². The van der Waals surface area contributed by atoms with Gasteiger partial charge in [-0.05, 0) is 38.5 Å². The first-order chi connectivity index (χ1) is 21.7. The molecule has 0 aliphatic heterocycles. The third-order valence-electron chi connectivity index (χ3n) is 9.50. The fourth-order valence-corrected chi connectivity index (χ4v) is 6.47. The predicted molar refractivity (Wildman–Crippen MR) is 195 cm³/mol. The molecule has 0 aromatic heterocycles. The maximum atomic E-state index is 13.0. The lowest BCUT2D eigenvalue weighted by Gasteiger charge is -2.21. The Morgan fingerprint density at radius 2 is 0.614 bits per heavy atom. The highest BCUT2D eigenvalue weighted by atomic mass is 16.6. The summed E-state index contributed by atoms with van der Waals surface area (Å²) in [5.41, 5.74) is 0. The van der Waals surface area contributed by atoms with Gasteiger partial charge in [0.25, 0.3) is 0 Å². The lowest BCUT2D eigenvalue weighted by atomic mass is 10.0. The molecule has 264 valence electrons. The van der Waals surface area contributed by atoms with Crippen LogP contribution in [0.4, 0.5) is 0 Å². The number of carbonyl (C=O) groups is 1. The first-order valence-corrected chi connectivity index (χ1v) is 20.5. The van der Waals surface area contributed by atoms with Crippen LogP contribution >= 0.6 is 0 Å². The second kappa shape index (κ2) is 36.9. The lowest BCUT2D eigenvalue weighted by Crippen LogP contribution is -2.25. The minimum atomic E-state index is -0.123. The normalized spacial score (nSPS) is 12.3. The number of hydrogen-bond donors (Lipinski definition) is 0. The molecule has 0 aromatic carbocycles.